The summed E-state index contributed by atoms with van der Waals surface area (Å²) < 4.78 is 19.2. The van der Waals surface area contributed by atoms with Crippen molar-refractivity contribution >= 4 is 24.0 Å². The van der Waals surface area contributed by atoms with Crippen LogP contribution in [0.15, 0.2) is 18.2 Å². The van der Waals surface area contributed by atoms with Gasteiger partial charge in [0.05, 0.1) is 12.2 Å². The molecule has 2 saturated carbocycles. The summed E-state index contributed by atoms with van der Waals surface area (Å²) in [6, 6.07) is 4.68. The topological polar surface area (TPSA) is 55.6 Å². The molecule has 0 radical (unpaired) electrons. The van der Waals surface area contributed by atoms with Crippen LogP contribution < -0.4 is 15.4 Å². The number of halogens is 2. The first kappa shape index (κ1) is 18.5. The van der Waals surface area contributed by atoms with Crippen LogP contribution in [-0.2, 0) is 4.79 Å². The Kier molecular flexibility index (Phi) is 5.26. The highest BCUT2D eigenvalue weighted by Crippen LogP contribution is 2.44. The van der Waals surface area contributed by atoms with Crippen molar-refractivity contribution in [1.82, 2.24) is 0 Å². The van der Waals surface area contributed by atoms with Crippen LogP contribution in [0.1, 0.15) is 39.0 Å². The van der Waals surface area contributed by atoms with Gasteiger partial charge in [0.15, 0.2) is 0 Å². The summed E-state index contributed by atoms with van der Waals surface area (Å²) in [5.74, 6) is 1.25. The number of hydrogen-bond donors (Lipinski definition) is 1. The first-order chi connectivity index (χ1) is 11.5. The molecule has 3 aliphatic rings. The Hall–Kier alpha value is -1.33. The zero-order valence-electron chi connectivity index (χ0n) is 14.5. The van der Waals surface area contributed by atoms with E-state index in [1.165, 1.54) is 18.6 Å². The smallest absolute Gasteiger partial charge is 0.230 e. The molecular formula is C19H26ClFN2O2. The molecule has 1 aromatic rings. The fourth-order valence-corrected chi connectivity index (χ4v) is 4.83. The Labute approximate surface area is 154 Å². The van der Waals surface area contributed by atoms with E-state index in [4.69, 9.17) is 10.5 Å². The number of nitrogens with two attached hydrogens (primary N) is 1. The highest BCUT2D eigenvalue weighted by Gasteiger charge is 2.42. The Bertz CT molecular complexity index is 642. The standard InChI is InChI=1S/C19H25FN2O2.ClH/c1-11-10-22(16-6-5-15(20)9-17(16)24-11)19(23)14-7-12-3-2-4-13(8-14)18(12)21;/h5-6,9,11-14,18H,2-4,7-8,10,21H2,1H3;1H. The van der Waals surface area contributed by atoms with E-state index in [1.54, 1.807) is 11.0 Å². The number of fused-ring (bicyclic) bond motifs is 3. The Morgan fingerprint density at radius 1 is 1.28 bits per heavy atom. The SMILES string of the molecule is CC1CN(C(=O)C2CC3CCCC(C2)C3N)c2ccc(F)cc2O1.Cl. The average molecular weight is 369 g/mol. The quantitative estimate of drug-likeness (QED) is 0.825. The predicted octanol–water partition coefficient (Wildman–Crippen LogP) is 3.52. The van der Waals surface area contributed by atoms with Crippen molar-refractivity contribution < 1.29 is 13.9 Å². The summed E-state index contributed by atoms with van der Waals surface area (Å²) >= 11 is 0. The van der Waals surface area contributed by atoms with E-state index in [9.17, 15) is 9.18 Å². The van der Waals surface area contributed by atoms with Gasteiger partial charge in [0.25, 0.3) is 0 Å². The number of ether oxygens (including phenoxy) is 1. The van der Waals surface area contributed by atoms with Gasteiger partial charge < -0.3 is 15.4 Å². The van der Waals surface area contributed by atoms with E-state index in [0.717, 1.165) is 25.7 Å². The van der Waals surface area contributed by atoms with Gasteiger partial charge in [-0.3, -0.25) is 4.79 Å². The molecule has 3 unspecified atom stereocenters. The summed E-state index contributed by atoms with van der Waals surface area (Å²) in [6.45, 7) is 2.44. The zero-order valence-corrected chi connectivity index (χ0v) is 15.3. The lowest BCUT2D eigenvalue weighted by molar-refractivity contribution is -0.125. The van der Waals surface area contributed by atoms with Crippen LogP contribution in [0.3, 0.4) is 0 Å². The summed E-state index contributed by atoms with van der Waals surface area (Å²) in [7, 11) is 0. The lowest BCUT2D eigenvalue weighted by Gasteiger charge is -2.45. The normalized spacial score (nSPS) is 33.7. The molecule has 2 fully saturated rings. The molecule has 3 atom stereocenters. The fourth-order valence-electron chi connectivity index (χ4n) is 4.83. The van der Waals surface area contributed by atoms with E-state index in [-0.39, 0.29) is 42.2 Å². The lowest BCUT2D eigenvalue weighted by atomic mass is 9.65. The molecule has 2 bridgehead atoms. The van der Waals surface area contributed by atoms with Gasteiger partial charge in [0.2, 0.25) is 5.91 Å². The van der Waals surface area contributed by atoms with Crippen LogP contribution in [-0.4, -0.2) is 24.6 Å². The molecule has 25 heavy (non-hydrogen) atoms. The molecule has 0 aromatic heterocycles. The van der Waals surface area contributed by atoms with Crippen LogP contribution >= 0.6 is 12.4 Å². The van der Waals surface area contributed by atoms with Gasteiger partial charge in [-0.25, -0.2) is 4.39 Å². The van der Waals surface area contributed by atoms with Crippen molar-refractivity contribution in [3.8, 4) is 5.75 Å². The maximum Gasteiger partial charge on any atom is 0.230 e. The predicted molar refractivity (Wildman–Crippen MR) is 97.6 cm³/mol. The lowest BCUT2D eigenvalue weighted by Crippen LogP contribution is -2.51. The molecule has 1 heterocycles. The molecule has 0 saturated heterocycles. The van der Waals surface area contributed by atoms with Crippen LogP contribution in [0.2, 0.25) is 0 Å². The van der Waals surface area contributed by atoms with E-state index < -0.39 is 0 Å². The minimum Gasteiger partial charge on any atom is -0.487 e. The Morgan fingerprint density at radius 2 is 1.96 bits per heavy atom. The number of anilines is 1. The molecular weight excluding hydrogens is 343 g/mol. The van der Waals surface area contributed by atoms with Gasteiger partial charge in [0.1, 0.15) is 17.7 Å². The molecule has 0 spiro atoms. The molecule has 1 aliphatic heterocycles. The van der Waals surface area contributed by atoms with Gasteiger partial charge in [-0.05, 0) is 56.6 Å². The summed E-state index contributed by atoms with van der Waals surface area (Å²) in [6.07, 6.45) is 5.16. The second-order valence-corrected chi connectivity index (χ2v) is 7.69. The van der Waals surface area contributed by atoms with Crippen molar-refractivity contribution in [2.24, 2.45) is 23.5 Å². The summed E-state index contributed by atoms with van der Waals surface area (Å²) in [5.41, 5.74) is 7.05. The maximum absolute atomic E-state index is 13.5. The van der Waals surface area contributed by atoms with Crippen molar-refractivity contribution in [2.75, 3.05) is 11.4 Å². The minimum absolute atomic E-state index is 0. The number of nitrogens with zero attached hydrogens (tertiary/aromatic N) is 1. The molecule has 4 rings (SSSR count). The molecule has 6 heteroatoms. The third-order valence-corrected chi connectivity index (χ3v) is 6.01. The molecule has 2 aliphatic carbocycles. The molecule has 2 N–H and O–H groups in total. The number of amides is 1. The summed E-state index contributed by atoms with van der Waals surface area (Å²) in [4.78, 5) is 15.0. The van der Waals surface area contributed by atoms with Gasteiger partial charge in [-0.2, -0.15) is 0 Å². The molecule has 4 nitrogen and oxygen atoms in total. The maximum atomic E-state index is 13.5. The van der Waals surface area contributed by atoms with Gasteiger partial charge in [-0.1, -0.05) is 6.42 Å². The van der Waals surface area contributed by atoms with E-state index >= 15 is 0 Å². The fraction of sp³-hybridized carbons (Fsp3) is 0.632. The van der Waals surface area contributed by atoms with Crippen LogP contribution in [0.25, 0.3) is 0 Å². The van der Waals surface area contributed by atoms with Crippen molar-refractivity contribution in [3.63, 3.8) is 0 Å². The van der Waals surface area contributed by atoms with Gasteiger partial charge in [-0.15, -0.1) is 12.4 Å². The number of hydrogen-bond acceptors (Lipinski definition) is 3. The van der Waals surface area contributed by atoms with E-state index in [0.29, 0.717) is 29.8 Å². The van der Waals surface area contributed by atoms with Crippen molar-refractivity contribution in [1.29, 1.82) is 0 Å². The largest absolute Gasteiger partial charge is 0.487 e. The Balaban J connectivity index is 0.00000182. The number of carbonyl (C=O) groups is 1. The minimum atomic E-state index is -0.339. The first-order valence-electron chi connectivity index (χ1n) is 9.06. The summed E-state index contributed by atoms with van der Waals surface area (Å²) in [5, 5.41) is 0. The Morgan fingerprint density at radius 3 is 2.64 bits per heavy atom. The van der Waals surface area contributed by atoms with Crippen LogP contribution in [0.5, 0.6) is 5.75 Å². The zero-order chi connectivity index (χ0) is 16.8. The van der Waals surface area contributed by atoms with Crippen molar-refractivity contribution in [2.45, 2.75) is 51.2 Å². The molecule has 1 amide bonds. The highest BCUT2D eigenvalue weighted by atomic mass is 35.5. The first-order valence-corrected chi connectivity index (χ1v) is 9.06. The van der Waals surface area contributed by atoms with Crippen molar-refractivity contribution in [3.05, 3.63) is 24.0 Å². The third kappa shape index (κ3) is 3.36. The number of rotatable bonds is 1. The van der Waals surface area contributed by atoms with E-state index in [1.807, 2.05) is 6.92 Å². The number of carbonyl (C=O) groups excluding carboxylic acids is 1. The molecule has 138 valence electrons. The average Bonchev–Trinajstić information content (AvgIpc) is 2.52. The van der Waals surface area contributed by atoms with Crippen LogP contribution in [0.4, 0.5) is 10.1 Å². The third-order valence-electron chi connectivity index (χ3n) is 6.01. The second kappa shape index (κ2) is 7.12. The van der Waals surface area contributed by atoms with Crippen LogP contribution in [0, 0.1) is 23.6 Å². The number of benzene rings is 1. The van der Waals surface area contributed by atoms with Gasteiger partial charge >= 0.3 is 0 Å². The van der Waals surface area contributed by atoms with E-state index in [2.05, 4.69) is 0 Å². The monoisotopic (exact) mass is 368 g/mol. The molecule has 1 aromatic carbocycles. The second-order valence-electron chi connectivity index (χ2n) is 7.69. The van der Waals surface area contributed by atoms with Gasteiger partial charge in [0, 0.05) is 18.0 Å². The highest BCUT2D eigenvalue weighted by molar-refractivity contribution is 5.97.